The zero-order valence-corrected chi connectivity index (χ0v) is 9.63. The van der Waals surface area contributed by atoms with Crippen molar-refractivity contribution in [2.45, 2.75) is 13.0 Å². The van der Waals surface area contributed by atoms with Crippen molar-refractivity contribution < 1.29 is 8.42 Å². The summed E-state index contributed by atoms with van der Waals surface area (Å²) in [4.78, 5) is 3.85. The van der Waals surface area contributed by atoms with Gasteiger partial charge in [-0.25, -0.2) is 13.4 Å². The SMILES string of the molecule is O=S1(=O)CCCN1Cc1ccnc(Cl)c1. The molecule has 6 heteroatoms. The second kappa shape index (κ2) is 4.08. The Balaban J connectivity index is 2.16. The Labute approximate surface area is 93.9 Å². The molecule has 1 aromatic heterocycles. The number of hydrogen-bond donors (Lipinski definition) is 0. The summed E-state index contributed by atoms with van der Waals surface area (Å²) in [5.41, 5.74) is 0.875. The average molecular weight is 247 g/mol. The molecule has 1 fully saturated rings. The number of halogens is 1. The molecule has 4 nitrogen and oxygen atoms in total. The van der Waals surface area contributed by atoms with Gasteiger partial charge in [-0.15, -0.1) is 0 Å². The van der Waals surface area contributed by atoms with Crippen LogP contribution in [0.5, 0.6) is 0 Å². The van der Waals surface area contributed by atoms with Gasteiger partial charge in [-0.2, -0.15) is 4.31 Å². The largest absolute Gasteiger partial charge is 0.245 e. The molecule has 0 amide bonds. The molecule has 15 heavy (non-hydrogen) atoms. The van der Waals surface area contributed by atoms with Crippen molar-refractivity contribution in [1.82, 2.24) is 9.29 Å². The van der Waals surface area contributed by atoms with Gasteiger partial charge in [-0.05, 0) is 24.1 Å². The number of pyridine rings is 1. The highest BCUT2D eigenvalue weighted by Crippen LogP contribution is 2.18. The monoisotopic (exact) mass is 246 g/mol. The first kappa shape index (κ1) is 10.9. The minimum absolute atomic E-state index is 0.256. The third kappa shape index (κ3) is 2.48. The lowest BCUT2D eigenvalue weighted by atomic mass is 10.3. The molecule has 0 bridgehead atoms. The molecule has 1 aromatic rings. The normalized spacial score (nSPS) is 20.6. The highest BCUT2D eigenvalue weighted by atomic mass is 35.5. The summed E-state index contributed by atoms with van der Waals surface area (Å²) >= 11 is 5.72. The maximum atomic E-state index is 11.5. The molecule has 2 heterocycles. The minimum Gasteiger partial charge on any atom is -0.245 e. The maximum absolute atomic E-state index is 11.5. The van der Waals surface area contributed by atoms with Crippen LogP contribution in [0.2, 0.25) is 5.15 Å². The van der Waals surface area contributed by atoms with E-state index in [1.54, 1.807) is 18.3 Å². The third-order valence-corrected chi connectivity index (χ3v) is 4.46. The van der Waals surface area contributed by atoms with Gasteiger partial charge in [0.1, 0.15) is 5.15 Å². The highest BCUT2D eigenvalue weighted by Gasteiger charge is 2.27. The fourth-order valence-electron chi connectivity index (χ4n) is 1.61. The molecule has 0 spiro atoms. The van der Waals surface area contributed by atoms with Crippen LogP contribution in [0.3, 0.4) is 0 Å². The van der Waals surface area contributed by atoms with E-state index >= 15 is 0 Å². The molecule has 2 rings (SSSR count). The Kier molecular flexibility index (Phi) is 2.95. The van der Waals surface area contributed by atoms with E-state index in [4.69, 9.17) is 11.6 Å². The van der Waals surface area contributed by atoms with Crippen LogP contribution in [0.4, 0.5) is 0 Å². The molecule has 82 valence electrons. The van der Waals surface area contributed by atoms with Crippen molar-refractivity contribution in [3.05, 3.63) is 29.0 Å². The van der Waals surface area contributed by atoms with E-state index in [2.05, 4.69) is 4.98 Å². The molecular weight excluding hydrogens is 236 g/mol. The molecule has 1 aliphatic heterocycles. The number of rotatable bonds is 2. The Hall–Kier alpha value is -0.650. The van der Waals surface area contributed by atoms with Crippen molar-refractivity contribution in [3.8, 4) is 0 Å². The van der Waals surface area contributed by atoms with Crippen LogP contribution in [0, 0.1) is 0 Å². The zero-order chi connectivity index (χ0) is 10.9. The van der Waals surface area contributed by atoms with Gasteiger partial charge in [0.25, 0.3) is 0 Å². The summed E-state index contributed by atoms with van der Waals surface area (Å²) in [6.45, 7) is 0.993. The van der Waals surface area contributed by atoms with Gasteiger partial charge < -0.3 is 0 Å². The van der Waals surface area contributed by atoms with Crippen LogP contribution in [-0.4, -0.2) is 30.0 Å². The van der Waals surface area contributed by atoms with Crippen LogP contribution in [0.1, 0.15) is 12.0 Å². The molecule has 0 aliphatic carbocycles. The first-order valence-electron chi connectivity index (χ1n) is 4.66. The molecule has 0 unspecified atom stereocenters. The molecule has 0 aromatic carbocycles. The van der Waals surface area contributed by atoms with Gasteiger partial charge in [0.05, 0.1) is 5.75 Å². The van der Waals surface area contributed by atoms with Crippen LogP contribution in [-0.2, 0) is 16.6 Å². The predicted molar refractivity (Wildman–Crippen MR) is 58.1 cm³/mol. The number of aromatic nitrogens is 1. The summed E-state index contributed by atoms with van der Waals surface area (Å²) in [6.07, 6.45) is 2.29. The summed E-state index contributed by atoms with van der Waals surface area (Å²) in [7, 11) is -3.03. The molecule has 0 atom stereocenters. The maximum Gasteiger partial charge on any atom is 0.214 e. The highest BCUT2D eigenvalue weighted by molar-refractivity contribution is 7.89. The summed E-state index contributed by atoms with van der Waals surface area (Å²) in [5.74, 6) is 0.256. The molecular formula is C9H11ClN2O2S. The summed E-state index contributed by atoms with van der Waals surface area (Å²) in [6, 6.07) is 3.47. The van der Waals surface area contributed by atoms with Crippen molar-refractivity contribution in [1.29, 1.82) is 0 Å². The van der Waals surface area contributed by atoms with E-state index in [1.165, 1.54) is 4.31 Å². The number of nitrogens with zero attached hydrogens (tertiary/aromatic N) is 2. The Bertz CT molecular complexity index is 461. The zero-order valence-electron chi connectivity index (χ0n) is 8.06. The van der Waals surface area contributed by atoms with Crippen molar-refractivity contribution >= 4 is 21.6 Å². The minimum atomic E-state index is -3.03. The first-order chi connectivity index (χ1) is 7.08. The smallest absolute Gasteiger partial charge is 0.214 e. The van der Waals surface area contributed by atoms with Crippen LogP contribution < -0.4 is 0 Å². The lowest BCUT2D eigenvalue weighted by Gasteiger charge is -2.13. The van der Waals surface area contributed by atoms with Crippen LogP contribution >= 0.6 is 11.6 Å². The fraction of sp³-hybridized carbons (Fsp3) is 0.444. The van der Waals surface area contributed by atoms with E-state index in [9.17, 15) is 8.42 Å². The molecule has 1 aliphatic rings. The van der Waals surface area contributed by atoms with Crippen molar-refractivity contribution in [2.75, 3.05) is 12.3 Å². The Morgan fingerprint density at radius 3 is 2.93 bits per heavy atom. The molecule has 0 radical (unpaired) electrons. The quantitative estimate of drug-likeness (QED) is 0.739. The summed E-state index contributed by atoms with van der Waals surface area (Å²) < 4.78 is 24.5. The van der Waals surface area contributed by atoms with Gasteiger partial charge in [-0.1, -0.05) is 11.6 Å². The van der Waals surface area contributed by atoms with E-state index in [-0.39, 0.29) is 5.75 Å². The summed E-state index contributed by atoms with van der Waals surface area (Å²) in [5, 5.41) is 0.393. The molecule has 1 saturated heterocycles. The first-order valence-corrected chi connectivity index (χ1v) is 6.65. The van der Waals surface area contributed by atoms with E-state index in [0.29, 0.717) is 24.7 Å². The standard InChI is InChI=1S/C9H11ClN2O2S/c10-9-6-8(2-3-11-9)7-12-4-1-5-15(12,13)14/h2-3,6H,1,4-5,7H2. The number of sulfonamides is 1. The average Bonchev–Trinajstić information content (AvgIpc) is 2.46. The van der Waals surface area contributed by atoms with Gasteiger partial charge in [0, 0.05) is 19.3 Å². The Morgan fingerprint density at radius 1 is 1.53 bits per heavy atom. The van der Waals surface area contributed by atoms with Crippen molar-refractivity contribution in [2.24, 2.45) is 0 Å². The lowest BCUT2D eigenvalue weighted by molar-refractivity contribution is 0.439. The topological polar surface area (TPSA) is 50.3 Å². The van der Waals surface area contributed by atoms with E-state index in [1.807, 2.05) is 0 Å². The third-order valence-electron chi connectivity index (χ3n) is 2.35. The fourth-order valence-corrected chi connectivity index (χ4v) is 3.32. The molecule has 0 saturated carbocycles. The van der Waals surface area contributed by atoms with Crippen LogP contribution in [0.25, 0.3) is 0 Å². The predicted octanol–water partition coefficient (Wildman–Crippen LogP) is 1.27. The molecule has 0 N–H and O–H groups in total. The van der Waals surface area contributed by atoms with Gasteiger partial charge in [-0.3, -0.25) is 0 Å². The van der Waals surface area contributed by atoms with E-state index < -0.39 is 10.0 Å². The number of hydrogen-bond acceptors (Lipinski definition) is 3. The van der Waals surface area contributed by atoms with Gasteiger partial charge in [0.2, 0.25) is 10.0 Å². The van der Waals surface area contributed by atoms with E-state index in [0.717, 1.165) is 5.56 Å². The van der Waals surface area contributed by atoms with Gasteiger partial charge >= 0.3 is 0 Å². The second-order valence-corrected chi connectivity index (χ2v) is 5.97. The van der Waals surface area contributed by atoms with Gasteiger partial charge in [0.15, 0.2) is 0 Å². The van der Waals surface area contributed by atoms with Crippen LogP contribution in [0.15, 0.2) is 18.3 Å². The second-order valence-electron chi connectivity index (χ2n) is 3.49. The lowest BCUT2D eigenvalue weighted by Crippen LogP contribution is -2.25. The van der Waals surface area contributed by atoms with Crippen molar-refractivity contribution in [3.63, 3.8) is 0 Å². The Morgan fingerprint density at radius 2 is 2.33 bits per heavy atom.